The van der Waals surface area contributed by atoms with Crippen LogP contribution in [0.4, 0.5) is 0 Å². The highest BCUT2D eigenvalue weighted by Crippen LogP contribution is 2.33. The van der Waals surface area contributed by atoms with E-state index < -0.39 is 0 Å². The topological polar surface area (TPSA) is 50.4 Å². The molecular formula is C11H18N2O2S2. The zero-order chi connectivity index (χ0) is 12.3. The Hall–Kier alpha value is -0.490. The monoisotopic (exact) mass is 274 g/mol. The van der Waals surface area contributed by atoms with Gasteiger partial charge in [-0.05, 0) is 25.1 Å². The van der Waals surface area contributed by atoms with Crippen molar-refractivity contribution >= 4 is 35.1 Å². The van der Waals surface area contributed by atoms with E-state index in [1.807, 2.05) is 11.8 Å². The summed E-state index contributed by atoms with van der Waals surface area (Å²) in [7, 11) is 1.44. The average Bonchev–Trinajstić information content (AvgIpc) is 2.84. The second kappa shape index (κ2) is 5.91. The van der Waals surface area contributed by atoms with E-state index in [0.29, 0.717) is 23.8 Å². The summed E-state index contributed by atoms with van der Waals surface area (Å²) >= 11 is 7.12. The van der Waals surface area contributed by atoms with Crippen LogP contribution in [-0.4, -0.2) is 41.3 Å². The highest BCUT2D eigenvalue weighted by Gasteiger charge is 2.41. The number of rotatable bonds is 5. The molecule has 0 spiro atoms. The summed E-state index contributed by atoms with van der Waals surface area (Å²) in [6.07, 6.45) is 3.66. The second-order valence-electron chi connectivity index (χ2n) is 4.44. The number of hydrogen-bond donors (Lipinski definition) is 2. The van der Waals surface area contributed by atoms with Gasteiger partial charge in [0.15, 0.2) is 5.11 Å². The minimum absolute atomic E-state index is 0.108. The molecule has 0 aromatic carbocycles. The van der Waals surface area contributed by atoms with Gasteiger partial charge in [0.25, 0.3) is 0 Å². The summed E-state index contributed by atoms with van der Waals surface area (Å²) in [5, 5.41) is 8.03. The summed E-state index contributed by atoms with van der Waals surface area (Å²) in [6.45, 7) is 0. The van der Waals surface area contributed by atoms with Crippen molar-refractivity contribution in [1.82, 2.24) is 10.6 Å². The number of carbonyl (C=O) groups excluding carboxylic acids is 1. The zero-order valence-corrected chi connectivity index (χ0v) is 11.5. The molecule has 0 aliphatic carbocycles. The first kappa shape index (κ1) is 13.0. The number of carbonyl (C=O) groups is 1. The molecule has 3 atom stereocenters. The van der Waals surface area contributed by atoms with Crippen molar-refractivity contribution < 1.29 is 9.53 Å². The maximum Gasteiger partial charge on any atom is 0.305 e. The van der Waals surface area contributed by atoms with E-state index in [1.165, 1.54) is 7.11 Å². The lowest BCUT2D eigenvalue weighted by atomic mass is 10.0. The van der Waals surface area contributed by atoms with Gasteiger partial charge in [0.1, 0.15) is 0 Å². The van der Waals surface area contributed by atoms with Crippen molar-refractivity contribution in [3.63, 3.8) is 0 Å². The second-order valence-corrected chi connectivity index (χ2v) is 6.12. The molecule has 0 aromatic rings. The van der Waals surface area contributed by atoms with Crippen molar-refractivity contribution in [2.75, 3.05) is 12.9 Å². The van der Waals surface area contributed by atoms with Crippen LogP contribution in [0.3, 0.4) is 0 Å². The van der Waals surface area contributed by atoms with Gasteiger partial charge in [0.05, 0.1) is 19.2 Å². The molecule has 2 saturated heterocycles. The lowest BCUT2D eigenvalue weighted by Crippen LogP contribution is -2.36. The van der Waals surface area contributed by atoms with Crippen LogP contribution < -0.4 is 10.6 Å². The number of thioether (sulfide) groups is 1. The van der Waals surface area contributed by atoms with Crippen molar-refractivity contribution in [1.29, 1.82) is 0 Å². The van der Waals surface area contributed by atoms with Crippen LogP contribution >= 0.6 is 24.0 Å². The third kappa shape index (κ3) is 3.25. The quantitative estimate of drug-likeness (QED) is 0.444. The van der Waals surface area contributed by atoms with Crippen LogP contribution in [0.15, 0.2) is 0 Å². The molecular weight excluding hydrogens is 256 g/mol. The van der Waals surface area contributed by atoms with E-state index >= 15 is 0 Å². The molecule has 96 valence electrons. The Bertz CT molecular complexity index is 312. The normalized spacial score (nSPS) is 30.6. The van der Waals surface area contributed by atoms with E-state index in [4.69, 9.17) is 12.2 Å². The van der Waals surface area contributed by atoms with Crippen LogP contribution in [0.5, 0.6) is 0 Å². The number of fused-ring (bicyclic) bond motifs is 1. The maximum absolute atomic E-state index is 11.0. The standard InChI is InChI=1S/C11H18N2O2S2/c1-15-9(14)5-3-2-4-8-10-7(6-17-8)12-11(16)13-10/h7-8,10H,2-6H2,1H3,(H2,12,13,16)/t7?,8-,10-/m0/s1. The number of methoxy groups -OCH3 is 1. The molecule has 2 aliphatic rings. The Morgan fingerprint density at radius 1 is 1.53 bits per heavy atom. The molecule has 17 heavy (non-hydrogen) atoms. The SMILES string of the molecule is COC(=O)CCCC[C@@H]1SCC2NC(=S)N[C@@H]21. The van der Waals surface area contributed by atoms with Gasteiger partial charge in [0.2, 0.25) is 0 Å². The van der Waals surface area contributed by atoms with Gasteiger partial charge >= 0.3 is 5.97 Å². The number of ether oxygens (including phenoxy) is 1. The number of nitrogens with one attached hydrogen (secondary N) is 2. The van der Waals surface area contributed by atoms with Crippen molar-refractivity contribution in [3.05, 3.63) is 0 Å². The summed E-state index contributed by atoms with van der Waals surface area (Å²) in [5.74, 6) is 1.02. The molecule has 0 saturated carbocycles. The lowest BCUT2D eigenvalue weighted by molar-refractivity contribution is -0.140. The molecule has 0 bridgehead atoms. The van der Waals surface area contributed by atoms with E-state index in [2.05, 4.69) is 15.4 Å². The average molecular weight is 274 g/mol. The molecule has 6 heteroatoms. The number of thiocarbonyl (C=S) groups is 1. The minimum atomic E-state index is -0.108. The first-order chi connectivity index (χ1) is 8.20. The zero-order valence-electron chi connectivity index (χ0n) is 9.90. The van der Waals surface area contributed by atoms with Crippen LogP contribution in [0.1, 0.15) is 25.7 Å². The largest absolute Gasteiger partial charge is 0.469 e. The van der Waals surface area contributed by atoms with Crippen molar-refractivity contribution in [3.8, 4) is 0 Å². The van der Waals surface area contributed by atoms with Crippen LogP contribution in [0.25, 0.3) is 0 Å². The van der Waals surface area contributed by atoms with Crippen LogP contribution in [0, 0.1) is 0 Å². The smallest absolute Gasteiger partial charge is 0.305 e. The Morgan fingerprint density at radius 2 is 2.35 bits per heavy atom. The third-order valence-corrected chi connectivity index (χ3v) is 5.03. The Morgan fingerprint density at radius 3 is 3.12 bits per heavy atom. The van der Waals surface area contributed by atoms with Gasteiger partial charge in [-0.1, -0.05) is 6.42 Å². The van der Waals surface area contributed by atoms with Gasteiger partial charge < -0.3 is 15.4 Å². The van der Waals surface area contributed by atoms with Crippen LogP contribution in [-0.2, 0) is 9.53 Å². The fourth-order valence-corrected chi connectivity index (χ4v) is 4.19. The highest BCUT2D eigenvalue weighted by molar-refractivity contribution is 8.00. The molecule has 0 amide bonds. The molecule has 2 rings (SSSR count). The van der Waals surface area contributed by atoms with E-state index in [1.54, 1.807) is 0 Å². The molecule has 2 N–H and O–H groups in total. The molecule has 1 unspecified atom stereocenters. The highest BCUT2D eigenvalue weighted by atomic mass is 32.2. The van der Waals surface area contributed by atoms with Crippen molar-refractivity contribution in [2.45, 2.75) is 43.0 Å². The van der Waals surface area contributed by atoms with Gasteiger partial charge in [-0.15, -0.1) is 0 Å². The van der Waals surface area contributed by atoms with Crippen LogP contribution in [0.2, 0.25) is 0 Å². The molecule has 2 fully saturated rings. The van der Waals surface area contributed by atoms with E-state index in [-0.39, 0.29) is 5.97 Å². The summed E-state index contributed by atoms with van der Waals surface area (Å²) in [4.78, 5) is 11.0. The number of hydrogen-bond acceptors (Lipinski definition) is 4. The molecule has 0 aromatic heterocycles. The molecule has 2 heterocycles. The lowest BCUT2D eigenvalue weighted by Gasteiger charge is -2.16. The Labute approximate surface area is 111 Å². The fraction of sp³-hybridized carbons (Fsp3) is 0.818. The van der Waals surface area contributed by atoms with Gasteiger partial charge in [0, 0.05) is 17.4 Å². The van der Waals surface area contributed by atoms with Gasteiger partial charge in [-0.2, -0.15) is 11.8 Å². The summed E-state index contributed by atoms with van der Waals surface area (Å²) in [6, 6.07) is 0.976. The predicted molar refractivity (Wildman–Crippen MR) is 73.2 cm³/mol. The number of esters is 1. The molecule has 0 radical (unpaired) electrons. The first-order valence-corrected chi connectivity index (χ1v) is 7.42. The van der Waals surface area contributed by atoms with E-state index in [9.17, 15) is 4.79 Å². The Balaban J connectivity index is 1.66. The number of unbranched alkanes of at least 4 members (excludes halogenated alkanes) is 1. The van der Waals surface area contributed by atoms with Gasteiger partial charge in [-0.3, -0.25) is 4.79 Å². The molecule has 4 nitrogen and oxygen atoms in total. The minimum Gasteiger partial charge on any atom is -0.469 e. The van der Waals surface area contributed by atoms with Crippen molar-refractivity contribution in [2.24, 2.45) is 0 Å². The summed E-state index contributed by atoms with van der Waals surface area (Å²) < 4.78 is 4.62. The van der Waals surface area contributed by atoms with Gasteiger partial charge in [-0.25, -0.2) is 0 Å². The fourth-order valence-electron chi connectivity index (χ4n) is 2.36. The van der Waals surface area contributed by atoms with E-state index in [0.717, 1.165) is 30.1 Å². The maximum atomic E-state index is 11.0. The Kier molecular flexibility index (Phi) is 4.50. The summed E-state index contributed by atoms with van der Waals surface area (Å²) in [5.41, 5.74) is 0. The predicted octanol–water partition coefficient (Wildman–Crippen LogP) is 1.05. The third-order valence-electron chi connectivity index (χ3n) is 3.29. The molecule has 2 aliphatic heterocycles. The first-order valence-electron chi connectivity index (χ1n) is 5.96.